The van der Waals surface area contributed by atoms with E-state index in [4.69, 9.17) is 0 Å². The molecule has 0 bridgehead atoms. The quantitative estimate of drug-likeness (QED) is 0.154. The van der Waals surface area contributed by atoms with E-state index in [1.807, 2.05) is 0 Å². The first kappa shape index (κ1) is 32.9. The molecule has 1 nitrogen and oxygen atoms in total. The molecule has 0 heterocycles. The fourth-order valence-corrected chi connectivity index (χ4v) is 8.96. The molecule has 0 fully saturated rings. The topological polar surface area (TPSA) is 3.24 Å². The number of fused-ring (bicyclic) bond motifs is 7. The molecule has 1 heteroatoms. The minimum atomic E-state index is 1.11. The SMILES string of the molecule is c1ccc(-c2ccc3cc(N(c4ccc5c(c4)c(-c4ccccc4)c(-c4ccccc4)c4ccccc45)c4cc5ccccc5c5ccccc45)ccc3c2)cc1. The summed E-state index contributed by atoms with van der Waals surface area (Å²) in [6.07, 6.45) is 0. The van der Waals surface area contributed by atoms with Gasteiger partial charge in [-0.1, -0.05) is 188 Å². The van der Waals surface area contributed by atoms with E-state index in [0.29, 0.717) is 0 Å². The van der Waals surface area contributed by atoms with Crippen molar-refractivity contribution in [2.75, 3.05) is 4.90 Å². The second kappa shape index (κ2) is 13.7. The zero-order valence-corrected chi connectivity index (χ0v) is 31.3. The Kier molecular flexibility index (Phi) is 7.89. The highest BCUT2D eigenvalue weighted by atomic mass is 15.1. The van der Waals surface area contributed by atoms with Crippen molar-refractivity contribution < 1.29 is 0 Å². The minimum Gasteiger partial charge on any atom is -0.310 e. The van der Waals surface area contributed by atoms with Crippen LogP contribution in [0.3, 0.4) is 0 Å². The molecule has 0 atom stereocenters. The van der Waals surface area contributed by atoms with E-state index in [9.17, 15) is 0 Å². The van der Waals surface area contributed by atoms with Gasteiger partial charge in [-0.2, -0.15) is 0 Å². The van der Waals surface area contributed by atoms with Crippen LogP contribution in [-0.2, 0) is 0 Å². The number of hydrogen-bond donors (Lipinski definition) is 0. The Labute approximate surface area is 332 Å². The summed E-state index contributed by atoms with van der Waals surface area (Å²) < 4.78 is 0. The molecule has 0 saturated carbocycles. The van der Waals surface area contributed by atoms with Gasteiger partial charge in [0.25, 0.3) is 0 Å². The predicted molar refractivity (Wildman–Crippen MR) is 245 cm³/mol. The van der Waals surface area contributed by atoms with Crippen LogP contribution in [0, 0.1) is 0 Å². The standard InChI is InChI=1S/C56H37N/c1-4-16-38(17-5-1)41-28-29-43-35-45(31-30-42(43)34-41)57(54-36-44-22-10-11-23-47(44)48-24-12-14-26-51(48)54)46-32-33-50-49-25-13-15-27-52(49)55(39-18-6-2-7-19-39)56(53(50)37-46)40-20-8-3-9-21-40/h1-37H. The molecule has 0 N–H and O–H groups in total. The zero-order valence-electron chi connectivity index (χ0n) is 31.3. The summed E-state index contributed by atoms with van der Waals surface area (Å²) >= 11 is 0. The molecule has 0 aliphatic heterocycles. The van der Waals surface area contributed by atoms with Gasteiger partial charge in [0.05, 0.1) is 5.69 Å². The van der Waals surface area contributed by atoms with E-state index < -0.39 is 0 Å². The molecule has 57 heavy (non-hydrogen) atoms. The van der Waals surface area contributed by atoms with Crippen LogP contribution >= 0.6 is 0 Å². The maximum atomic E-state index is 2.48. The van der Waals surface area contributed by atoms with Crippen molar-refractivity contribution in [1.82, 2.24) is 0 Å². The summed E-state index contributed by atoms with van der Waals surface area (Å²) in [5.74, 6) is 0. The molecule has 0 radical (unpaired) electrons. The molecular formula is C56H37N. The molecule has 0 spiro atoms. The van der Waals surface area contributed by atoms with Gasteiger partial charge >= 0.3 is 0 Å². The first-order valence-corrected chi connectivity index (χ1v) is 19.7. The Balaban J connectivity index is 1.22. The molecule has 0 amide bonds. The van der Waals surface area contributed by atoms with Crippen molar-refractivity contribution in [2.45, 2.75) is 0 Å². The average molecular weight is 724 g/mol. The van der Waals surface area contributed by atoms with Crippen molar-refractivity contribution in [3.8, 4) is 33.4 Å². The van der Waals surface area contributed by atoms with Crippen LogP contribution in [0.2, 0.25) is 0 Å². The lowest BCUT2D eigenvalue weighted by atomic mass is 9.85. The van der Waals surface area contributed by atoms with E-state index in [1.165, 1.54) is 87.2 Å². The van der Waals surface area contributed by atoms with Gasteiger partial charge in [-0.25, -0.2) is 0 Å². The Morgan fingerprint density at radius 2 is 0.702 bits per heavy atom. The van der Waals surface area contributed by atoms with Gasteiger partial charge in [-0.05, 0) is 118 Å². The summed E-state index contributed by atoms with van der Waals surface area (Å²) in [5, 5.41) is 12.3. The van der Waals surface area contributed by atoms with E-state index in [-0.39, 0.29) is 0 Å². The Morgan fingerprint density at radius 3 is 1.40 bits per heavy atom. The lowest BCUT2D eigenvalue weighted by Crippen LogP contribution is -2.11. The summed E-state index contributed by atoms with van der Waals surface area (Å²) in [4.78, 5) is 2.48. The predicted octanol–water partition coefficient (Wildman–Crippen LogP) is 15.9. The molecule has 0 aliphatic rings. The number of benzene rings is 11. The van der Waals surface area contributed by atoms with Crippen LogP contribution in [0.25, 0.3) is 87.2 Å². The highest BCUT2D eigenvalue weighted by molar-refractivity contribution is 6.22. The van der Waals surface area contributed by atoms with Crippen molar-refractivity contribution in [1.29, 1.82) is 0 Å². The normalized spacial score (nSPS) is 11.5. The van der Waals surface area contributed by atoms with Crippen LogP contribution in [0.5, 0.6) is 0 Å². The largest absolute Gasteiger partial charge is 0.310 e. The Morgan fingerprint density at radius 1 is 0.228 bits per heavy atom. The lowest BCUT2D eigenvalue weighted by Gasteiger charge is -2.29. The lowest BCUT2D eigenvalue weighted by molar-refractivity contribution is 1.31. The number of anilines is 3. The number of rotatable bonds is 6. The molecule has 0 aliphatic carbocycles. The minimum absolute atomic E-state index is 1.11. The van der Waals surface area contributed by atoms with Gasteiger partial charge in [-0.15, -0.1) is 0 Å². The summed E-state index contributed by atoms with van der Waals surface area (Å²) in [5.41, 5.74) is 10.7. The first-order valence-electron chi connectivity index (χ1n) is 19.7. The second-order valence-electron chi connectivity index (χ2n) is 14.9. The van der Waals surface area contributed by atoms with E-state index in [0.717, 1.165) is 17.1 Å². The first-order chi connectivity index (χ1) is 28.3. The fraction of sp³-hybridized carbons (Fsp3) is 0. The van der Waals surface area contributed by atoms with Crippen LogP contribution in [0.1, 0.15) is 0 Å². The van der Waals surface area contributed by atoms with E-state index in [1.54, 1.807) is 0 Å². The Bertz CT molecular complexity index is 3280. The third kappa shape index (κ3) is 5.63. The smallest absolute Gasteiger partial charge is 0.0546 e. The summed E-state index contributed by atoms with van der Waals surface area (Å²) in [7, 11) is 0. The third-order valence-corrected chi connectivity index (χ3v) is 11.6. The van der Waals surface area contributed by atoms with Crippen molar-refractivity contribution >= 4 is 70.9 Å². The molecule has 0 saturated heterocycles. The van der Waals surface area contributed by atoms with Gasteiger partial charge in [0, 0.05) is 16.8 Å². The summed E-state index contributed by atoms with van der Waals surface area (Å²) in [6.45, 7) is 0. The molecule has 0 aromatic heterocycles. The highest BCUT2D eigenvalue weighted by Gasteiger charge is 2.22. The number of hydrogen-bond acceptors (Lipinski definition) is 1. The van der Waals surface area contributed by atoms with Gasteiger partial charge in [0.15, 0.2) is 0 Å². The van der Waals surface area contributed by atoms with E-state index >= 15 is 0 Å². The fourth-order valence-electron chi connectivity index (χ4n) is 8.96. The monoisotopic (exact) mass is 723 g/mol. The molecule has 11 aromatic rings. The average Bonchev–Trinajstić information content (AvgIpc) is 3.29. The van der Waals surface area contributed by atoms with Gasteiger partial charge in [0.1, 0.15) is 0 Å². The molecule has 11 aromatic carbocycles. The maximum Gasteiger partial charge on any atom is 0.0546 e. The maximum absolute atomic E-state index is 2.48. The van der Waals surface area contributed by atoms with Crippen LogP contribution in [0.4, 0.5) is 17.1 Å². The van der Waals surface area contributed by atoms with Crippen molar-refractivity contribution in [2.24, 2.45) is 0 Å². The van der Waals surface area contributed by atoms with Gasteiger partial charge in [-0.3, -0.25) is 0 Å². The van der Waals surface area contributed by atoms with Gasteiger partial charge < -0.3 is 4.90 Å². The number of nitrogens with zero attached hydrogens (tertiary/aromatic N) is 1. The van der Waals surface area contributed by atoms with Crippen molar-refractivity contribution in [3.05, 3.63) is 224 Å². The van der Waals surface area contributed by atoms with Gasteiger partial charge in [0.2, 0.25) is 0 Å². The van der Waals surface area contributed by atoms with Crippen LogP contribution in [0.15, 0.2) is 224 Å². The van der Waals surface area contributed by atoms with Crippen LogP contribution in [-0.4, -0.2) is 0 Å². The van der Waals surface area contributed by atoms with Crippen molar-refractivity contribution in [3.63, 3.8) is 0 Å². The van der Waals surface area contributed by atoms with Crippen LogP contribution < -0.4 is 4.90 Å². The second-order valence-corrected chi connectivity index (χ2v) is 14.9. The highest BCUT2D eigenvalue weighted by Crippen LogP contribution is 2.48. The molecule has 11 rings (SSSR count). The molecule has 0 unspecified atom stereocenters. The molecule has 266 valence electrons. The summed E-state index contributed by atoms with van der Waals surface area (Å²) in [6, 6.07) is 82.2. The molecular weight excluding hydrogens is 687 g/mol. The van der Waals surface area contributed by atoms with E-state index in [2.05, 4.69) is 229 Å². The Hall–Kier alpha value is -7.48. The zero-order chi connectivity index (χ0) is 37.7. The third-order valence-electron chi connectivity index (χ3n) is 11.6.